The summed E-state index contributed by atoms with van der Waals surface area (Å²) in [7, 11) is 0. The summed E-state index contributed by atoms with van der Waals surface area (Å²) >= 11 is 0. The van der Waals surface area contributed by atoms with Crippen molar-refractivity contribution in [2.45, 2.75) is 89.5 Å². The third kappa shape index (κ3) is 7.23. The number of aliphatic hydroxyl groups is 1. The number of amides is 2. The van der Waals surface area contributed by atoms with Gasteiger partial charge in [-0.3, -0.25) is 9.59 Å². The van der Waals surface area contributed by atoms with E-state index in [2.05, 4.69) is 10.2 Å². The van der Waals surface area contributed by atoms with Gasteiger partial charge in [0.2, 0.25) is 11.8 Å². The van der Waals surface area contributed by atoms with Gasteiger partial charge in [0.15, 0.2) is 0 Å². The maximum absolute atomic E-state index is 13.1. The number of hydrogen-bond donors (Lipinski definition) is 2. The zero-order valence-corrected chi connectivity index (χ0v) is 18.7. The molecule has 172 valence electrons. The standard InChI is InChI=1S/C25H38N2O4/c28-18-7-6-17-27(20-10-4-2-1-3-5-11-20)25(30)14-9-19-31-23-13-8-12-22-21(23)15-16-24(29)26-22/h8,12-13,20,28H,1-7,9-11,14-19H2,(H,26,29). The first kappa shape index (κ1) is 23.6. The van der Waals surface area contributed by atoms with E-state index in [-0.39, 0.29) is 18.4 Å². The predicted octanol–water partition coefficient (Wildman–Crippen LogP) is 4.44. The van der Waals surface area contributed by atoms with Crippen molar-refractivity contribution in [1.29, 1.82) is 0 Å². The quantitative estimate of drug-likeness (QED) is 0.538. The molecular weight excluding hydrogens is 392 g/mol. The Bertz CT molecular complexity index is 713. The molecule has 0 aromatic heterocycles. The van der Waals surface area contributed by atoms with E-state index in [0.29, 0.717) is 38.3 Å². The Morgan fingerprint density at radius 2 is 1.84 bits per heavy atom. The number of anilines is 1. The highest BCUT2D eigenvalue weighted by atomic mass is 16.5. The van der Waals surface area contributed by atoms with Gasteiger partial charge >= 0.3 is 0 Å². The van der Waals surface area contributed by atoms with Gasteiger partial charge in [-0.05, 0) is 50.7 Å². The highest BCUT2D eigenvalue weighted by molar-refractivity contribution is 5.94. The molecule has 0 atom stereocenters. The fraction of sp³-hybridized carbons (Fsp3) is 0.680. The van der Waals surface area contributed by atoms with Gasteiger partial charge in [0.1, 0.15) is 5.75 Å². The van der Waals surface area contributed by atoms with Crippen molar-refractivity contribution in [1.82, 2.24) is 4.90 Å². The van der Waals surface area contributed by atoms with Crippen LogP contribution in [0.4, 0.5) is 5.69 Å². The molecule has 2 N–H and O–H groups in total. The molecule has 6 heteroatoms. The zero-order chi connectivity index (χ0) is 21.9. The molecule has 1 heterocycles. The van der Waals surface area contributed by atoms with Crippen molar-refractivity contribution in [2.24, 2.45) is 0 Å². The van der Waals surface area contributed by atoms with Crippen molar-refractivity contribution < 1.29 is 19.4 Å². The van der Waals surface area contributed by atoms with Crippen molar-refractivity contribution >= 4 is 17.5 Å². The Kier molecular flexibility index (Phi) is 9.66. The van der Waals surface area contributed by atoms with E-state index < -0.39 is 0 Å². The van der Waals surface area contributed by atoms with Crippen LogP contribution in [0.5, 0.6) is 5.75 Å². The first-order valence-electron chi connectivity index (χ1n) is 12.1. The first-order chi connectivity index (χ1) is 15.2. The number of unbranched alkanes of at least 4 members (excludes halogenated alkanes) is 1. The van der Waals surface area contributed by atoms with Crippen LogP contribution < -0.4 is 10.1 Å². The molecular formula is C25H38N2O4. The molecule has 1 aliphatic heterocycles. The topological polar surface area (TPSA) is 78.9 Å². The van der Waals surface area contributed by atoms with E-state index in [1.165, 1.54) is 32.1 Å². The summed E-state index contributed by atoms with van der Waals surface area (Å²) in [6.07, 6.45) is 12.4. The molecule has 1 fully saturated rings. The fourth-order valence-electron chi connectivity index (χ4n) is 4.73. The van der Waals surface area contributed by atoms with Crippen LogP contribution >= 0.6 is 0 Å². The van der Waals surface area contributed by atoms with Crippen LogP contribution in [0, 0.1) is 0 Å². The van der Waals surface area contributed by atoms with Crippen molar-refractivity contribution in [3.8, 4) is 5.75 Å². The van der Waals surface area contributed by atoms with Gasteiger partial charge in [0.05, 0.1) is 6.61 Å². The smallest absolute Gasteiger partial charge is 0.224 e. The van der Waals surface area contributed by atoms with Crippen LogP contribution in [0.25, 0.3) is 0 Å². The number of fused-ring (bicyclic) bond motifs is 1. The minimum absolute atomic E-state index is 0.0470. The van der Waals surface area contributed by atoms with Gasteiger partial charge in [-0.15, -0.1) is 0 Å². The average molecular weight is 431 g/mol. The number of ether oxygens (including phenoxy) is 1. The minimum atomic E-state index is 0.0470. The lowest BCUT2D eigenvalue weighted by Gasteiger charge is -2.33. The number of carbonyl (C=O) groups is 2. The highest BCUT2D eigenvalue weighted by Gasteiger charge is 2.24. The molecule has 0 unspecified atom stereocenters. The van der Waals surface area contributed by atoms with Gasteiger partial charge < -0.3 is 20.1 Å². The summed E-state index contributed by atoms with van der Waals surface area (Å²) in [5.74, 6) is 1.07. The van der Waals surface area contributed by atoms with Crippen molar-refractivity contribution in [3.63, 3.8) is 0 Å². The van der Waals surface area contributed by atoms with E-state index in [1.54, 1.807) is 0 Å². The lowest BCUT2D eigenvalue weighted by molar-refractivity contribution is -0.134. The minimum Gasteiger partial charge on any atom is -0.493 e. The summed E-state index contributed by atoms with van der Waals surface area (Å²) in [5.41, 5.74) is 1.89. The van der Waals surface area contributed by atoms with Crippen LogP contribution in [0.1, 0.15) is 82.6 Å². The monoisotopic (exact) mass is 430 g/mol. The Morgan fingerprint density at radius 1 is 1.06 bits per heavy atom. The number of aliphatic hydroxyl groups excluding tert-OH is 1. The van der Waals surface area contributed by atoms with E-state index in [1.807, 2.05) is 18.2 Å². The summed E-state index contributed by atoms with van der Waals surface area (Å²) < 4.78 is 6.00. The molecule has 1 aromatic carbocycles. The highest BCUT2D eigenvalue weighted by Crippen LogP contribution is 2.31. The van der Waals surface area contributed by atoms with E-state index in [0.717, 1.165) is 49.2 Å². The number of rotatable bonds is 10. The normalized spacial score (nSPS) is 17.3. The van der Waals surface area contributed by atoms with Crippen LogP contribution in [0.3, 0.4) is 0 Å². The van der Waals surface area contributed by atoms with E-state index in [4.69, 9.17) is 9.84 Å². The van der Waals surface area contributed by atoms with Crippen molar-refractivity contribution in [3.05, 3.63) is 23.8 Å². The summed E-state index contributed by atoms with van der Waals surface area (Å²) in [6, 6.07) is 6.08. The van der Waals surface area contributed by atoms with Gasteiger partial charge in [0, 0.05) is 43.3 Å². The number of nitrogens with zero attached hydrogens (tertiary/aromatic N) is 1. The second kappa shape index (κ2) is 12.7. The molecule has 0 radical (unpaired) electrons. The fourth-order valence-corrected chi connectivity index (χ4v) is 4.73. The molecule has 2 amide bonds. The lowest BCUT2D eigenvalue weighted by Crippen LogP contribution is -2.41. The SMILES string of the molecule is O=C1CCc2c(cccc2OCCCC(=O)N(CCCCO)C2CCCCCCC2)N1. The lowest BCUT2D eigenvalue weighted by atomic mass is 9.95. The molecule has 1 saturated carbocycles. The van der Waals surface area contributed by atoms with E-state index in [9.17, 15) is 9.59 Å². The molecule has 3 rings (SSSR count). The third-order valence-electron chi connectivity index (χ3n) is 6.44. The molecule has 0 saturated heterocycles. The van der Waals surface area contributed by atoms with Crippen molar-refractivity contribution in [2.75, 3.05) is 25.1 Å². The second-order valence-electron chi connectivity index (χ2n) is 8.80. The summed E-state index contributed by atoms with van der Waals surface area (Å²) in [6.45, 7) is 1.42. The van der Waals surface area contributed by atoms with Gasteiger partial charge in [0.25, 0.3) is 0 Å². The maximum Gasteiger partial charge on any atom is 0.224 e. The van der Waals surface area contributed by atoms with Crippen LogP contribution in [-0.4, -0.2) is 47.6 Å². The average Bonchev–Trinajstić information content (AvgIpc) is 2.74. The molecule has 6 nitrogen and oxygen atoms in total. The number of benzene rings is 1. The third-order valence-corrected chi connectivity index (χ3v) is 6.44. The maximum atomic E-state index is 13.1. The number of hydrogen-bond acceptors (Lipinski definition) is 4. The Morgan fingerprint density at radius 3 is 2.61 bits per heavy atom. The van der Waals surface area contributed by atoms with E-state index >= 15 is 0 Å². The van der Waals surface area contributed by atoms with Gasteiger partial charge in [-0.2, -0.15) is 0 Å². The Balaban J connectivity index is 1.50. The molecule has 0 bridgehead atoms. The largest absolute Gasteiger partial charge is 0.493 e. The second-order valence-corrected chi connectivity index (χ2v) is 8.80. The van der Waals surface area contributed by atoms with Gasteiger partial charge in [-0.1, -0.05) is 38.2 Å². The summed E-state index contributed by atoms with van der Waals surface area (Å²) in [5, 5.41) is 12.0. The number of carbonyl (C=O) groups excluding carboxylic acids is 2. The molecule has 0 spiro atoms. The Labute approximate surface area is 186 Å². The van der Waals surface area contributed by atoms with Crippen LogP contribution in [0.2, 0.25) is 0 Å². The predicted molar refractivity (Wildman–Crippen MR) is 122 cm³/mol. The van der Waals surface area contributed by atoms with Gasteiger partial charge in [-0.25, -0.2) is 0 Å². The summed E-state index contributed by atoms with van der Waals surface area (Å²) in [4.78, 5) is 26.8. The van der Waals surface area contributed by atoms with Crippen LogP contribution in [0.15, 0.2) is 18.2 Å². The molecule has 1 aliphatic carbocycles. The molecule has 2 aliphatic rings. The van der Waals surface area contributed by atoms with Crippen LogP contribution in [-0.2, 0) is 16.0 Å². The zero-order valence-electron chi connectivity index (χ0n) is 18.7. The number of nitrogens with one attached hydrogen (secondary N) is 1. The molecule has 1 aromatic rings. The Hall–Kier alpha value is -2.08. The first-order valence-corrected chi connectivity index (χ1v) is 12.1. The molecule has 31 heavy (non-hydrogen) atoms.